The van der Waals surface area contributed by atoms with Crippen LogP contribution in [0.3, 0.4) is 0 Å². The van der Waals surface area contributed by atoms with E-state index in [2.05, 4.69) is 0 Å². The molecule has 0 bridgehead atoms. The molecule has 1 saturated heterocycles. The monoisotopic (exact) mass is 308 g/mol. The van der Waals surface area contributed by atoms with Crippen LogP contribution in [0.5, 0.6) is 0 Å². The van der Waals surface area contributed by atoms with Crippen molar-refractivity contribution in [1.82, 2.24) is 9.03 Å². The molecule has 1 heterocycles. The summed E-state index contributed by atoms with van der Waals surface area (Å²) in [4.78, 5) is 22.6. The van der Waals surface area contributed by atoms with Gasteiger partial charge in [-0.1, -0.05) is 12.8 Å². The minimum absolute atomic E-state index is 0.0707. The molecule has 20 heavy (non-hydrogen) atoms. The summed E-state index contributed by atoms with van der Waals surface area (Å²) in [5.41, 5.74) is 0. The lowest BCUT2D eigenvalue weighted by Crippen LogP contribution is -2.51. The molecular weight excluding hydrogens is 288 g/mol. The van der Waals surface area contributed by atoms with Crippen LogP contribution in [-0.4, -0.2) is 48.6 Å². The highest BCUT2D eigenvalue weighted by Crippen LogP contribution is 2.19. The Morgan fingerprint density at radius 2 is 1.95 bits per heavy atom. The largest absolute Gasteiger partial charge is 0.480 e. The molecule has 0 aliphatic carbocycles. The third-order valence-electron chi connectivity index (χ3n) is 2.85. The third kappa shape index (κ3) is 4.64. The fraction of sp³-hybridized carbons (Fsp3) is 0.818. The molecule has 1 rings (SSSR count). The van der Waals surface area contributed by atoms with E-state index >= 15 is 0 Å². The maximum atomic E-state index is 12.1. The summed E-state index contributed by atoms with van der Waals surface area (Å²) in [5.74, 6) is -1.21. The van der Waals surface area contributed by atoms with Crippen LogP contribution in [0, 0.1) is 0 Å². The third-order valence-corrected chi connectivity index (χ3v) is 4.33. The topological polar surface area (TPSA) is 113 Å². The predicted molar refractivity (Wildman–Crippen MR) is 70.3 cm³/mol. The van der Waals surface area contributed by atoms with Gasteiger partial charge in [0.25, 0.3) is 0 Å². The molecule has 1 fully saturated rings. The lowest BCUT2D eigenvalue weighted by atomic mass is 10.1. The Labute approximate surface area is 118 Å². The van der Waals surface area contributed by atoms with Crippen molar-refractivity contribution in [2.75, 3.05) is 6.54 Å². The van der Waals surface area contributed by atoms with E-state index in [4.69, 9.17) is 9.84 Å². The molecule has 0 spiro atoms. The van der Waals surface area contributed by atoms with Gasteiger partial charge >= 0.3 is 22.3 Å². The number of carbonyl (C=O) groups is 2. The first-order chi connectivity index (χ1) is 9.24. The average molecular weight is 308 g/mol. The van der Waals surface area contributed by atoms with Crippen molar-refractivity contribution in [2.24, 2.45) is 0 Å². The molecule has 9 heteroatoms. The first-order valence-electron chi connectivity index (χ1n) is 6.47. The van der Waals surface area contributed by atoms with Gasteiger partial charge < -0.3 is 9.84 Å². The summed E-state index contributed by atoms with van der Waals surface area (Å²) in [6, 6.07) is -1.15. The van der Waals surface area contributed by atoms with Crippen molar-refractivity contribution in [3.05, 3.63) is 0 Å². The van der Waals surface area contributed by atoms with E-state index in [0.29, 0.717) is 12.8 Å². The maximum Gasteiger partial charge on any atom is 0.422 e. The highest BCUT2D eigenvalue weighted by Gasteiger charge is 2.36. The number of carboxylic acid groups (broad SMARTS) is 1. The number of carboxylic acids is 1. The summed E-state index contributed by atoms with van der Waals surface area (Å²) in [6.45, 7) is 3.23. The van der Waals surface area contributed by atoms with E-state index < -0.39 is 34.4 Å². The van der Waals surface area contributed by atoms with Gasteiger partial charge in [-0.05, 0) is 26.7 Å². The van der Waals surface area contributed by atoms with E-state index in [1.165, 1.54) is 0 Å². The highest BCUT2D eigenvalue weighted by atomic mass is 32.2. The Kier molecular flexibility index (Phi) is 5.75. The normalized spacial score (nSPS) is 21.2. The molecule has 1 aliphatic rings. The van der Waals surface area contributed by atoms with Gasteiger partial charge in [-0.3, -0.25) is 4.79 Å². The number of aliphatic carboxylic acids is 1. The van der Waals surface area contributed by atoms with Crippen molar-refractivity contribution < 1.29 is 27.9 Å². The van der Waals surface area contributed by atoms with E-state index in [1.54, 1.807) is 18.6 Å². The smallest absolute Gasteiger partial charge is 0.422 e. The van der Waals surface area contributed by atoms with Crippen LogP contribution < -0.4 is 4.72 Å². The summed E-state index contributed by atoms with van der Waals surface area (Å²) in [6.07, 6.45) is 0.614. The van der Waals surface area contributed by atoms with E-state index in [1.807, 2.05) is 0 Å². The van der Waals surface area contributed by atoms with Gasteiger partial charge in [0.05, 0.1) is 6.10 Å². The van der Waals surface area contributed by atoms with E-state index in [-0.39, 0.29) is 13.0 Å². The van der Waals surface area contributed by atoms with Gasteiger partial charge in [0.2, 0.25) is 0 Å². The standard InChI is InChI=1S/C11H20N2O6S/c1-8(2)19-11(16)12-20(17,18)13-7-5-3-4-6-9(13)10(14)15/h8-9H,3-7H2,1-2H3,(H,12,16)(H,14,15). The van der Waals surface area contributed by atoms with Crippen LogP contribution in [0.25, 0.3) is 0 Å². The first-order valence-corrected chi connectivity index (χ1v) is 7.91. The Bertz CT molecular complexity index is 462. The highest BCUT2D eigenvalue weighted by molar-refractivity contribution is 7.87. The zero-order valence-corrected chi connectivity index (χ0v) is 12.4. The quantitative estimate of drug-likeness (QED) is 0.790. The number of nitrogens with zero attached hydrogens (tertiary/aromatic N) is 1. The fourth-order valence-corrected chi connectivity index (χ4v) is 3.29. The van der Waals surface area contributed by atoms with Crippen LogP contribution in [0.15, 0.2) is 0 Å². The second kappa shape index (κ2) is 6.89. The van der Waals surface area contributed by atoms with Crippen LogP contribution in [-0.2, 0) is 19.7 Å². The van der Waals surface area contributed by atoms with Crippen LogP contribution >= 0.6 is 0 Å². The van der Waals surface area contributed by atoms with Gasteiger partial charge in [0.1, 0.15) is 6.04 Å². The number of carbonyl (C=O) groups excluding carboxylic acids is 1. The SMILES string of the molecule is CC(C)OC(=O)NS(=O)(=O)N1CCCCCC1C(=O)O. The molecule has 0 radical (unpaired) electrons. The van der Waals surface area contributed by atoms with Gasteiger partial charge in [-0.15, -0.1) is 0 Å². The molecule has 116 valence electrons. The van der Waals surface area contributed by atoms with Gasteiger partial charge in [-0.2, -0.15) is 12.7 Å². The lowest BCUT2D eigenvalue weighted by Gasteiger charge is -2.25. The fourth-order valence-electron chi connectivity index (χ4n) is 2.02. The van der Waals surface area contributed by atoms with Crippen LogP contribution in [0.2, 0.25) is 0 Å². The number of ether oxygens (including phenoxy) is 1. The Balaban J connectivity index is 2.86. The predicted octanol–water partition coefficient (Wildman–Crippen LogP) is 0.695. The number of hydrogen-bond acceptors (Lipinski definition) is 5. The molecule has 1 aliphatic heterocycles. The molecule has 8 nitrogen and oxygen atoms in total. The van der Waals surface area contributed by atoms with Crippen LogP contribution in [0.1, 0.15) is 39.5 Å². The molecule has 0 aromatic rings. The van der Waals surface area contributed by atoms with E-state index in [9.17, 15) is 18.0 Å². The second-order valence-corrected chi connectivity index (χ2v) is 6.50. The van der Waals surface area contributed by atoms with Crippen LogP contribution in [0.4, 0.5) is 4.79 Å². The molecular formula is C11H20N2O6S. The van der Waals surface area contributed by atoms with E-state index in [0.717, 1.165) is 10.7 Å². The molecule has 2 N–H and O–H groups in total. The minimum Gasteiger partial charge on any atom is -0.480 e. The number of hydrogen-bond donors (Lipinski definition) is 2. The second-order valence-electron chi connectivity index (χ2n) is 4.88. The van der Waals surface area contributed by atoms with Gasteiger partial charge in [-0.25, -0.2) is 9.52 Å². The first kappa shape index (κ1) is 16.7. The van der Waals surface area contributed by atoms with Crippen molar-refractivity contribution in [2.45, 2.75) is 51.7 Å². The zero-order chi connectivity index (χ0) is 15.3. The van der Waals surface area contributed by atoms with Gasteiger partial charge in [0, 0.05) is 6.54 Å². The summed E-state index contributed by atoms with van der Waals surface area (Å²) >= 11 is 0. The zero-order valence-electron chi connectivity index (χ0n) is 11.5. The lowest BCUT2D eigenvalue weighted by molar-refractivity contribution is -0.141. The average Bonchev–Trinajstić information content (AvgIpc) is 2.51. The van der Waals surface area contributed by atoms with Crippen molar-refractivity contribution >= 4 is 22.3 Å². The molecule has 0 aromatic carbocycles. The van der Waals surface area contributed by atoms with Crippen molar-refractivity contribution in [3.8, 4) is 0 Å². The minimum atomic E-state index is -4.22. The molecule has 1 atom stereocenters. The Hall–Kier alpha value is -1.35. The molecule has 0 saturated carbocycles. The molecule has 1 unspecified atom stereocenters. The maximum absolute atomic E-state index is 12.1. The summed E-state index contributed by atoms with van der Waals surface area (Å²) in [7, 11) is -4.22. The van der Waals surface area contributed by atoms with Gasteiger partial charge in [0.15, 0.2) is 0 Å². The van der Waals surface area contributed by atoms with Crippen molar-refractivity contribution in [3.63, 3.8) is 0 Å². The Morgan fingerprint density at radius 1 is 1.30 bits per heavy atom. The molecule has 1 amide bonds. The molecule has 0 aromatic heterocycles. The summed E-state index contributed by atoms with van der Waals surface area (Å²) in [5, 5.41) is 9.13. The number of amides is 1. The number of nitrogens with one attached hydrogen (secondary N) is 1. The summed E-state index contributed by atoms with van der Waals surface area (Å²) < 4.78 is 31.5. The number of rotatable bonds is 4. The Morgan fingerprint density at radius 3 is 2.50 bits per heavy atom. The van der Waals surface area contributed by atoms with Crippen molar-refractivity contribution in [1.29, 1.82) is 0 Å².